The van der Waals surface area contributed by atoms with Gasteiger partial charge in [0.2, 0.25) is 0 Å². The van der Waals surface area contributed by atoms with E-state index in [4.69, 9.17) is 0 Å². The molecule has 0 amide bonds. The summed E-state index contributed by atoms with van der Waals surface area (Å²) in [6, 6.07) is 34.9. The molecule has 0 saturated carbocycles. The lowest BCUT2D eigenvalue weighted by molar-refractivity contribution is 0.555. The quantitative estimate of drug-likeness (QED) is 0.322. The van der Waals surface area contributed by atoms with Gasteiger partial charge in [-0.3, -0.25) is 4.44 Å². The van der Waals surface area contributed by atoms with Crippen LogP contribution in [0.25, 0.3) is 0 Å². The Bertz CT molecular complexity index is 960. The van der Waals surface area contributed by atoms with Gasteiger partial charge in [0, 0.05) is 23.0 Å². The van der Waals surface area contributed by atoms with Crippen molar-refractivity contribution in [2.45, 2.75) is 75.1 Å². The molecular formula is C30H37NP2. The molecule has 3 heteroatoms. The topological polar surface area (TPSA) is 3.24 Å². The van der Waals surface area contributed by atoms with E-state index in [1.165, 1.54) is 25.7 Å². The molecule has 2 aliphatic heterocycles. The second-order valence-electron chi connectivity index (χ2n) is 9.96. The first-order valence-electron chi connectivity index (χ1n) is 12.7. The van der Waals surface area contributed by atoms with Crippen LogP contribution in [0.2, 0.25) is 0 Å². The van der Waals surface area contributed by atoms with Gasteiger partial charge < -0.3 is 0 Å². The fourth-order valence-electron chi connectivity index (χ4n) is 6.04. The summed E-state index contributed by atoms with van der Waals surface area (Å²) < 4.78 is 3.11. The van der Waals surface area contributed by atoms with Gasteiger partial charge in [-0.1, -0.05) is 97.9 Å². The smallest absolute Gasteiger partial charge is 0.0183 e. The zero-order chi connectivity index (χ0) is 22.8. The van der Waals surface area contributed by atoms with Gasteiger partial charge in [0.25, 0.3) is 0 Å². The standard InChI is InChI=1S/C30H37NP2/c1-23(2)31(32-24(3)19-20-28(32)25-13-7-4-8-14-25)33-29(26-15-9-5-10-16-26)21-22-30(33)27-17-11-6-12-18-27/h4-18,23-24,28-30H,19-22H2,1-3H3/t24-,28+,29+,30+,32?/m1/s1. The lowest BCUT2D eigenvalue weighted by atomic mass is 10.0. The third kappa shape index (κ3) is 4.71. The summed E-state index contributed by atoms with van der Waals surface area (Å²) in [6.07, 6.45) is 5.33. The number of benzene rings is 3. The van der Waals surface area contributed by atoms with Crippen LogP contribution < -0.4 is 0 Å². The van der Waals surface area contributed by atoms with Crippen molar-refractivity contribution in [1.29, 1.82) is 0 Å². The summed E-state index contributed by atoms with van der Waals surface area (Å²) in [6.45, 7) is 7.49. The third-order valence-corrected chi connectivity index (χ3v) is 15.3. The molecule has 1 nitrogen and oxygen atoms in total. The first kappa shape index (κ1) is 23.2. The van der Waals surface area contributed by atoms with Crippen molar-refractivity contribution in [3.05, 3.63) is 108 Å². The van der Waals surface area contributed by atoms with Gasteiger partial charge in [0.15, 0.2) is 0 Å². The summed E-state index contributed by atoms with van der Waals surface area (Å²) in [5.74, 6) is 0. The van der Waals surface area contributed by atoms with E-state index >= 15 is 0 Å². The molecule has 5 atom stereocenters. The molecule has 0 spiro atoms. The van der Waals surface area contributed by atoms with Crippen LogP contribution in [0.1, 0.15) is 80.1 Å². The Morgan fingerprint density at radius 2 is 0.939 bits per heavy atom. The van der Waals surface area contributed by atoms with Crippen LogP contribution in [0.3, 0.4) is 0 Å². The summed E-state index contributed by atoms with van der Waals surface area (Å²) in [4.78, 5) is 0. The van der Waals surface area contributed by atoms with E-state index in [0.29, 0.717) is 23.0 Å². The largest absolute Gasteiger partial charge is 0.256 e. The minimum Gasteiger partial charge on any atom is -0.256 e. The van der Waals surface area contributed by atoms with Crippen molar-refractivity contribution >= 4 is 16.1 Å². The van der Waals surface area contributed by atoms with Crippen molar-refractivity contribution in [3.8, 4) is 0 Å². The molecule has 0 radical (unpaired) electrons. The van der Waals surface area contributed by atoms with Crippen molar-refractivity contribution in [3.63, 3.8) is 0 Å². The second kappa shape index (κ2) is 10.4. The van der Waals surface area contributed by atoms with Crippen LogP contribution in [0.5, 0.6) is 0 Å². The fourth-order valence-corrected chi connectivity index (χ4v) is 15.1. The Kier molecular flexibility index (Phi) is 7.32. The Labute approximate surface area is 203 Å². The molecular weight excluding hydrogens is 436 g/mol. The highest BCUT2D eigenvalue weighted by atomic mass is 31.2. The van der Waals surface area contributed by atoms with Crippen molar-refractivity contribution in [1.82, 2.24) is 4.44 Å². The molecule has 0 bridgehead atoms. The van der Waals surface area contributed by atoms with Crippen LogP contribution in [0, 0.1) is 0 Å². The average molecular weight is 474 g/mol. The maximum atomic E-state index is 3.11. The predicted molar refractivity (Wildman–Crippen MR) is 146 cm³/mol. The summed E-state index contributed by atoms with van der Waals surface area (Å²) in [5.41, 5.74) is 7.52. The molecule has 0 aliphatic carbocycles. The molecule has 3 aromatic carbocycles. The SMILES string of the molecule is CC(C)N(P1[C@H](C)CC[C@H]1c1ccccc1)P1[C@H](c2ccccc2)CC[C@H]1c1ccccc1. The Hall–Kier alpha value is -1.52. The summed E-state index contributed by atoms with van der Waals surface area (Å²) >= 11 is 0. The number of hydrogen-bond acceptors (Lipinski definition) is 1. The highest BCUT2D eigenvalue weighted by Gasteiger charge is 2.48. The highest BCUT2D eigenvalue weighted by molar-refractivity contribution is 7.71. The van der Waals surface area contributed by atoms with E-state index in [1.807, 2.05) is 0 Å². The van der Waals surface area contributed by atoms with Crippen LogP contribution in [-0.2, 0) is 0 Å². The summed E-state index contributed by atoms with van der Waals surface area (Å²) in [7, 11) is -0.552. The Morgan fingerprint density at radius 1 is 0.576 bits per heavy atom. The van der Waals surface area contributed by atoms with Crippen LogP contribution in [0.15, 0.2) is 91.0 Å². The molecule has 3 aromatic rings. The van der Waals surface area contributed by atoms with Crippen LogP contribution >= 0.6 is 16.1 Å². The number of rotatable bonds is 6. The molecule has 33 heavy (non-hydrogen) atoms. The Balaban J connectivity index is 1.59. The number of nitrogens with zero attached hydrogens (tertiary/aromatic N) is 1. The molecule has 172 valence electrons. The lowest BCUT2D eigenvalue weighted by Crippen LogP contribution is -2.26. The van der Waals surface area contributed by atoms with Crippen LogP contribution in [0.4, 0.5) is 0 Å². The maximum absolute atomic E-state index is 3.11. The van der Waals surface area contributed by atoms with Gasteiger partial charge in [-0.15, -0.1) is 0 Å². The predicted octanol–water partition coefficient (Wildman–Crippen LogP) is 9.69. The highest BCUT2D eigenvalue weighted by Crippen LogP contribution is 2.81. The van der Waals surface area contributed by atoms with E-state index in [9.17, 15) is 0 Å². The molecule has 2 fully saturated rings. The van der Waals surface area contributed by atoms with E-state index in [1.54, 1.807) is 16.7 Å². The van der Waals surface area contributed by atoms with Crippen molar-refractivity contribution < 1.29 is 0 Å². The molecule has 1 unspecified atom stereocenters. The van der Waals surface area contributed by atoms with Crippen molar-refractivity contribution in [2.75, 3.05) is 0 Å². The first-order chi connectivity index (χ1) is 16.1. The molecule has 5 rings (SSSR count). The van der Waals surface area contributed by atoms with Gasteiger partial charge in [-0.05, 0) is 78.0 Å². The Morgan fingerprint density at radius 3 is 1.33 bits per heavy atom. The molecule has 2 heterocycles. The van der Waals surface area contributed by atoms with E-state index in [2.05, 4.69) is 116 Å². The van der Waals surface area contributed by atoms with Crippen molar-refractivity contribution in [2.24, 2.45) is 0 Å². The number of hydrogen-bond donors (Lipinski definition) is 0. The molecule has 2 saturated heterocycles. The van der Waals surface area contributed by atoms with Gasteiger partial charge in [0.05, 0.1) is 0 Å². The van der Waals surface area contributed by atoms with Gasteiger partial charge in [0.1, 0.15) is 0 Å². The third-order valence-electron chi connectivity index (χ3n) is 7.47. The molecule has 0 aromatic heterocycles. The van der Waals surface area contributed by atoms with E-state index in [0.717, 1.165) is 5.66 Å². The fraction of sp³-hybridized carbons (Fsp3) is 0.400. The zero-order valence-corrected chi connectivity index (χ0v) is 22.0. The summed E-state index contributed by atoms with van der Waals surface area (Å²) in [5, 5.41) is 0. The van der Waals surface area contributed by atoms with E-state index < -0.39 is 0 Å². The van der Waals surface area contributed by atoms with Gasteiger partial charge in [-0.25, -0.2) is 0 Å². The maximum Gasteiger partial charge on any atom is 0.0183 e. The average Bonchev–Trinajstić information content (AvgIpc) is 3.45. The van der Waals surface area contributed by atoms with E-state index in [-0.39, 0.29) is 16.1 Å². The first-order valence-corrected chi connectivity index (χ1v) is 15.5. The monoisotopic (exact) mass is 473 g/mol. The zero-order valence-electron chi connectivity index (χ0n) is 20.2. The molecule has 2 aliphatic rings. The second-order valence-corrected chi connectivity index (χ2v) is 15.4. The van der Waals surface area contributed by atoms with Crippen LogP contribution in [-0.4, -0.2) is 16.1 Å². The normalized spacial score (nSPS) is 28.1. The minimum absolute atomic E-state index is 0.232. The molecule has 0 N–H and O–H groups in total. The lowest BCUT2D eigenvalue weighted by Gasteiger charge is -2.47. The minimum atomic E-state index is -0.320. The van der Waals surface area contributed by atoms with Gasteiger partial charge in [-0.2, -0.15) is 0 Å². The van der Waals surface area contributed by atoms with Gasteiger partial charge >= 0.3 is 0 Å².